The van der Waals surface area contributed by atoms with Gasteiger partial charge in [0.1, 0.15) is 0 Å². The fourth-order valence-electron chi connectivity index (χ4n) is 4.34. The number of hydrogen-bond acceptors (Lipinski definition) is 3. The number of nitrogens with zero attached hydrogens (tertiary/aromatic N) is 2. The minimum atomic E-state index is 0.133. The van der Waals surface area contributed by atoms with Crippen molar-refractivity contribution in [1.82, 2.24) is 9.88 Å². The van der Waals surface area contributed by atoms with Crippen LogP contribution >= 0.6 is 0 Å². The molecule has 23 heavy (non-hydrogen) atoms. The maximum atomic E-state index is 13.1. The van der Waals surface area contributed by atoms with Gasteiger partial charge in [-0.15, -0.1) is 0 Å². The lowest BCUT2D eigenvalue weighted by Crippen LogP contribution is -2.38. The van der Waals surface area contributed by atoms with Crippen molar-refractivity contribution in [2.75, 3.05) is 13.1 Å². The molecule has 1 aromatic carbocycles. The third-order valence-corrected chi connectivity index (χ3v) is 5.52. The van der Waals surface area contributed by atoms with Crippen LogP contribution in [0.5, 0.6) is 0 Å². The van der Waals surface area contributed by atoms with Gasteiger partial charge in [-0.2, -0.15) is 0 Å². The zero-order valence-electron chi connectivity index (χ0n) is 13.5. The molecule has 2 aliphatic rings. The van der Waals surface area contributed by atoms with E-state index in [1.54, 1.807) is 0 Å². The molecule has 4 nitrogen and oxygen atoms in total. The van der Waals surface area contributed by atoms with Gasteiger partial charge in [0, 0.05) is 30.2 Å². The Morgan fingerprint density at radius 3 is 2.91 bits per heavy atom. The number of likely N-dealkylation sites (tertiary alicyclic amines) is 1. The molecule has 4 heteroatoms. The van der Waals surface area contributed by atoms with Crippen LogP contribution in [0.2, 0.25) is 0 Å². The van der Waals surface area contributed by atoms with Crippen LogP contribution in [-0.2, 0) is 0 Å². The van der Waals surface area contributed by atoms with Gasteiger partial charge in [-0.3, -0.25) is 9.78 Å². The van der Waals surface area contributed by atoms with Crippen molar-refractivity contribution in [1.29, 1.82) is 0 Å². The number of carbonyl (C=O) groups is 1. The number of aryl methyl sites for hydroxylation is 1. The lowest BCUT2D eigenvalue weighted by molar-refractivity contribution is 0.0785. The number of nitrogens with two attached hydrogens (primary N) is 1. The predicted octanol–water partition coefficient (Wildman–Crippen LogP) is 2.74. The zero-order valence-corrected chi connectivity index (χ0v) is 13.5. The molecule has 120 valence electrons. The zero-order chi connectivity index (χ0) is 16.0. The van der Waals surface area contributed by atoms with Crippen molar-refractivity contribution in [2.24, 2.45) is 17.6 Å². The van der Waals surface area contributed by atoms with E-state index in [0.29, 0.717) is 11.8 Å². The highest BCUT2D eigenvalue weighted by Gasteiger charge is 2.40. The molecule has 2 fully saturated rings. The van der Waals surface area contributed by atoms with Gasteiger partial charge in [-0.1, -0.05) is 24.6 Å². The molecule has 1 aliphatic carbocycles. The molecule has 1 aliphatic heterocycles. The lowest BCUT2D eigenvalue weighted by Gasteiger charge is -2.29. The maximum absolute atomic E-state index is 13.1. The van der Waals surface area contributed by atoms with Crippen molar-refractivity contribution in [2.45, 2.75) is 32.2 Å². The number of hydrogen-bond donors (Lipinski definition) is 1. The molecule has 0 spiro atoms. The predicted molar refractivity (Wildman–Crippen MR) is 91.2 cm³/mol. The summed E-state index contributed by atoms with van der Waals surface area (Å²) in [6, 6.07) is 10.1. The second-order valence-corrected chi connectivity index (χ2v) is 7.06. The number of pyridine rings is 1. The number of rotatable bonds is 1. The van der Waals surface area contributed by atoms with Crippen LogP contribution in [0, 0.1) is 18.8 Å². The van der Waals surface area contributed by atoms with Gasteiger partial charge in [0.15, 0.2) is 0 Å². The second-order valence-electron chi connectivity index (χ2n) is 7.06. The van der Waals surface area contributed by atoms with Crippen LogP contribution in [0.15, 0.2) is 30.3 Å². The van der Waals surface area contributed by atoms with Crippen LogP contribution in [0.25, 0.3) is 10.9 Å². The van der Waals surface area contributed by atoms with E-state index in [4.69, 9.17) is 5.73 Å². The summed E-state index contributed by atoms with van der Waals surface area (Å²) < 4.78 is 0. The van der Waals surface area contributed by atoms with E-state index in [2.05, 4.69) is 4.98 Å². The van der Waals surface area contributed by atoms with Crippen molar-refractivity contribution < 1.29 is 4.79 Å². The SMILES string of the molecule is Cc1cc(C(=O)N2CC3CCCC(N)C3C2)c2ccccc2n1. The number of benzene rings is 1. The van der Waals surface area contributed by atoms with E-state index < -0.39 is 0 Å². The largest absolute Gasteiger partial charge is 0.338 e. The molecular weight excluding hydrogens is 286 g/mol. The Labute approximate surface area is 136 Å². The maximum Gasteiger partial charge on any atom is 0.254 e. The Morgan fingerprint density at radius 1 is 1.26 bits per heavy atom. The monoisotopic (exact) mass is 309 g/mol. The summed E-state index contributed by atoms with van der Waals surface area (Å²) in [5, 5.41) is 0.947. The molecule has 3 unspecified atom stereocenters. The van der Waals surface area contributed by atoms with E-state index in [9.17, 15) is 4.79 Å². The molecule has 1 saturated heterocycles. The number of fused-ring (bicyclic) bond motifs is 2. The molecule has 0 bridgehead atoms. The number of aromatic nitrogens is 1. The number of para-hydroxylation sites is 1. The first-order valence-electron chi connectivity index (χ1n) is 8.55. The third kappa shape index (κ3) is 2.51. The molecule has 4 rings (SSSR count). The third-order valence-electron chi connectivity index (χ3n) is 5.52. The molecule has 2 N–H and O–H groups in total. The van der Waals surface area contributed by atoms with E-state index in [0.717, 1.165) is 41.7 Å². The smallest absolute Gasteiger partial charge is 0.254 e. The van der Waals surface area contributed by atoms with Crippen LogP contribution in [0.1, 0.15) is 35.3 Å². The molecule has 3 atom stereocenters. The van der Waals surface area contributed by atoms with E-state index in [1.165, 1.54) is 12.8 Å². The molecule has 1 amide bonds. The molecule has 2 aromatic rings. The van der Waals surface area contributed by atoms with Gasteiger partial charge < -0.3 is 10.6 Å². The summed E-state index contributed by atoms with van der Waals surface area (Å²) in [6.45, 7) is 3.61. The molecular formula is C19H23N3O. The van der Waals surface area contributed by atoms with Gasteiger partial charge in [0.05, 0.1) is 11.1 Å². The quantitative estimate of drug-likeness (QED) is 0.881. The van der Waals surface area contributed by atoms with E-state index in [-0.39, 0.29) is 11.9 Å². The van der Waals surface area contributed by atoms with Gasteiger partial charge >= 0.3 is 0 Å². The van der Waals surface area contributed by atoms with Gasteiger partial charge in [-0.25, -0.2) is 0 Å². The van der Waals surface area contributed by atoms with Gasteiger partial charge in [0.25, 0.3) is 5.91 Å². The van der Waals surface area contributed by atoms with Crippen molar-refractivity contribution >= 4 is 16.8 Å². The number of carbonyl (C=O) groups excluding carboxylic acids is 1. The van der Waals surface area contributed by atoms with Crippen LogP contribution in [-0.4, -0.2) is 34.9 Å². The fraction of sp³-hybridized carbons (Fsp3) is 0.474. The first kappa shape index (κ1) is 14.6. The van der Waals surface area contributed by atoms with Gasteiger partial charge in [0.2, 0.25) is 0 Å². The topological polar surface area (TPSA) is 59.2 Å². The van der Waals surface area contributed by atoms with Crippen LogP contribution in [0.3, 0.4) is 0 Å². The molecule has 1 saturated carbocycles. The average molecular weight is 309 g/mol. The fourth-order valence-corrected chi connectivity index (χ4v) is 4.34. The Hall–Kier alpha value is -1.94. The summed E-state index contributed by atoms with van der Waals surface area (Å²) in [4.78, 5) is 19.7. The van der Waals surface area contributed by atoms with Crippen molar-refractivity contribution in [3.8, 4) is 0 Å². The Kier molecular flexibility index (Phi) is 3.57. The second kappa shape index (κ2) is 5.60. The van der Waals surface area contributed by atoms with Crippen molar-refractivity contribution in [3.05, 3.63) is 41.6 Å². The Balaban J connectivity index is 1.68. The molecule has 2 heterocycles. The van der Waals surface area contributed by atoms with Crippen LogP contribution < -0.4 is 5.73 Å². The standard InChI is InChI=1S/C19H23N3O/c1-12-9-15(14-6-2-3-8-18(14)21-12)19(23)22-10-13-5-4-7-17(20)16(13)11-22/h2-3,6,8-9,13,16-17H,4-5,7,10-11,20H2,1H3. The van der Waals surface area contributed by atoms with Gasteiger partial charge in [-0.05, 0) is 43.7 Å². The van der Waals surface area contributed by atoms with Crippen molar-refractivity contribution in [3.63, 3.8) is 0 Å². The van der Waals surface area contributed by atoms with E-state index >= 15 is 0 Å². The molecule has 0 radical (unpaired) electrons. The molecule has 1 aromatic heterocycles. The summed E-state index contributed by atoms with van der Waals surface area (Å²) >= 11 is 0. The minimum absolute atomic E-state index is 0.133. The highest BCUT2D eigenvalue weighted by Crippen LogP contribution is 2.36. The normalized spacial score (nSPS) is 27.2. The summed E-state index contributed by atoms with van der Waals surface area (Å²) in [7, 11) is 0. The highest BCUT2D eigenvalue weighted by molar-refractivity contribution is 6.06. The summed E-state index contributed by atoms with van der Waals surface area (Å²) in [6.07, 6.45) is 3.50. The first-order chi connectivity index (χ1) is 11.1. The summed E-state index contributed by atoms with van der Waals surface area (Å²) in [5.41, 5.74) is 8.85. The first-order valence-corrected chi connectivity index (χ1v) is 8.55. The Bertz CT molecular complexity index is 757. The lowest BCUT2D eigenvalue weighted by atomic mass is 9.78. The number of amides is 1. The summed E-state index contributed by atoms with van der Waals surface area (Å²) in [5.74, 6) is 1.19. The Morgan fingerprint density at radius 2 is 2.09 bits per heavy atom. The highest BCUT2D eigenvalue weighted by atomic mass is 16.2. The minimum Gasteiger partial charge on any atom is -0.338 e. The average Bonchev–Trinajstić information content (AvgIpc) is 2.99. The van der Waals surface area contributed by atoms with Crippen LogP contribution in [0.4, 0.5) is 0 Å². The van der Waals surface area contributed by atoms with E-state index in [1.807, 2.05) is 42.2 Å².